The monoisotopic (exact) mass is 260 g/mol. The largest absolute Gasteiger partial charge is 0.355 e. The van der Waals surface area contributed by atoms with E-state index < -0.39 is 10.8 Å². The zero-order valence-electron chi connectivity index (χ0n) is 10.8. The van der Waals surface area contributed by atoms with Gasteiger partial charge in [0.2, 0.25) is 5.91 Å². The lowest BCUT2D eigenvalue weighted by Crippen LogP contribution is -2.33. The molecule has 2 unspecified atom stereocenters. The Balaban J connectivity index is 2.10. The normalized spacial score (nSPS) is 20.8. The van der Waals surface area contributed by atoms with Gasteiger partial charge in [-0.05, 0) is 45.2 Å². The molecule has 1 amide bonds. The molecule has 1 aliphatic heterocycles. The lowest BCUT2D eigenvalue weighted by atomic mass is 9.93. The first-order valence-corrected chi connectivity index (χ1v) is 8.01. The van der Waals surface area contributed by atoms with Gasteiger partial charge >= 0.3 is 0 Å². The summed E-state index contributed by atoms with van der Waals surface area (Å²) in [5, 5.41) is 6.22. The van der Waals surface area contributed by atoms with Gasteiger partial charge < -0.3 is 10.6 Å². The lowest BCUT2D eigenvalue weighted by molar-refractivity contribution is -0.121. The molecule has 4 nitrogen and oxygen atoms in total. The first kappa shape index (κ1) is 14.6. The van der Waals surface area contributed by atoms with Crippen LogP contribution in [0.3, 0.4) is 0 Å². The van der Waals surface area contributed by atoms with Crippen molar-refractivity contribution in [3.05, 3.63) is 0 Å². The van der Waals surface area contributed by atoms with E-state index in [9.17, 15) is 9.00 Å². The Morgan fingerprint density at radius 3 is 2.71 bits per heavy atom. The van der Waals surface area contributed by atoms with E-state index in [1.165, 1.54) is 12.8 Å². The molecule has 0 aromatic carbocycles. The number of rotatable bonds is 6. The van der Waals surface area contributed by atoms with Crippen molar-refractivity contribution in [2.24, 2.45) is 5.92 Å². The quantitative estimate of drug-likeness (QED) is 0.737. The summed E-state index contributed by atoms with van der Waals surface area (Å²) in [5.74, 6) is 0.792. The Morgan fingerprint density at radius 1 is 1.47 bits per heavy atom. The van der Waals surface area contributed by atoms with Gasteiger partial charge in [-0.15, -0.1) is 0 Å². The van der Waals surface area contributed by atoms with Gasteiger partial charge in [0.15, 0.2) is 0 Å². The molecule has 1 heterocycles. The van der Waals surface area contributed by atoms with Crippen molar-refractivity contribution in [2.45, 2.75) is 37.9 Å². The SMILES string of the molecule is CC(CNC(=O)CCC1CCNCC1)S(C)=O. The molecule has 1 saturated heterocycles. The first-order chi connectivity index (χ1) is 8.09. The first-order valence-electron chi connectivity index (χ1n) is 6.39. The fourth-order valence-corrected chi connectivity index (χ4v) is 2.29. The van der Waals surface area contributed by atoms with Crippen LogP contribution < -0.4 is 10.6 Å². The summed E-state index contributed by atoms with van der Waals surface area (Å²) < 4.78 is 11.1. The Morgan fingerprint density at radius 2 is 2.12 bits per heavy atom. The number of carbonyl (C=O) groups excluding carboxylic acids is 1. The molecule has 0 saturated carbocycles. The van der Waals surface area contributed by atoms with Crippen LogP contribution >= 0.6 is 0 Å². The van der Waals surface area contributed by atoms with Crippen molar-refractivity contribution in [2.75, 3.05) is 25.9 Å². The van der Waals surface area contributed by atoms with E-state index in [2.05, 4.69) is 10.6 Å². The molecule has 0 aromatic rings. The van der Waals surface area contributed by atoms with Crippen molar-refractivity contribution in [3.8, 4) is 0 Å². The fourth-order valence-electron chi connectivity index (χ4n) is 1.97. The average molecular weight is 260 g/mol. The molecule has 2 atom stereocenters. The molecule has 0 radical (unpaired) electrons. The predicted molar refractivity (Wildman–Crippen MR) is 71.4 cm³/mol. The van der Waals surface area contributed by atoms with Crippen molar-refractivity contribution >= 4 is 16.7 Å². The molecule has 100 valence electrons. The van der Waals surface area contributed by atoms with Crippen molar-refractivity contribution in [1.29, 1.82) is 0 Å². The van der Waals surface area contributed by atoms with Crippen molar-refractivity contribution < 1.29 is 9.00 Å². The van der Waals surface area contributed by atoms with Crippen LogP contribution in [0, 0.1) is 5.92 Å². The molecule has 5 heteroatoms. The highest BCUT2D eigenvalue weighted by molar-refractivity contribution is 7.84. The lowest BCUT2D eigenvalue weighted by Gasteiger charge is -2.22. The third kappa shape index (κ3) is 6.17. The van der Waals surface area contributed by atoms with Crippen molar-refractivity contribution in [1.82, 2.24) is 10.6 Å². The standard InChI is InChI=1S/C12H24N2O2S/c1-10(17(2)16)9-14-12(15)4-3-11-5-7-13-8-6-11/h10-11,13H,3-9H2,1-2H3,(H,14,15). The zero-order chi connectivity index (χ0) is 12.7. The number of nitrogens with one attached hydrogen (secondary N) is 2. The van der Waals surface area contributed by atoms with E-state index in [0.717, 1.165) is 19.5 Å². The highest BCUT2D eigenvalue weighted by Gasteiger charge is 2.15. The number of piperidine rings is 1. The summed E-state index contributed by atoms with van der Waals surface area (Å²) in [4.78, 5) is 11.6. The van der Waals surface area contributed by atoms with E-state index >= 15 is 0 Å². The van der Waals surface area contributed by atoms with Gasteiger partial charge in [0.05, 0.1) is 0 Å². The van der Waals surface area contributed by atoms with Gasteiger partial charge in [-0.1, -0.05) is 0 Å². The maximum absolute atomic E-state index is 11.6. The van der Waals surface area contributed by atoms with E-state index in [1.807, 2.05) is 6.92 Å². The molecule has 0 bridgehead atoms. The summed E-state index contributed by atoms with van der Waals surface area (Å²) in [7, 11) is -0.858. The summed E-state index contributed by atoms with van der Waals surface area (Å²) in [6.07, 6.45) is 5.63. The van der Waals surface area contributed by atoms with Crippen LogP contribution in [-0.2, 0) is 15.6 Å². The molecular formula is C12H24N2O2S. The zero-order valence-corrected chi connectivity index (χ0v) is 11.6. The van der Waals surface area contributed by atoms with Gasteiger partial charge in [0.1, 0.15) is 0 Å². The van der Waals surface area contributed by atoms with Crippen LogP contribution in [0.25, 0.3) is 0 Å². The summed E-state index contributed by atoms with van der Waals surface area (Å²) >= 11 is 0. The highest BCUT2D eigenvalue weighted by Crippen LogP contribution is 2.17. The molecule has 1 fully saturated rings. The van der Waals surface area contributed by atoms with Crippen LogP contribution in [0.2, 0.25) is 0 Å². The van der Waals surface area contributed by atoms with Gasteiger partial charge in [-0.25, -0.2) is 0 Å². The number of amides is 1. The summed E-state index contributed by atoms with van der Waals surface area (Å²) in [6.45, 7) is 4.58. The van der Waals surface area contributed by atoms with Crippen LogP contribution in [-0.4, -0.2) is 41.3 Å². The van der Waals surface area contributed by atoms with E-state index in [4.69, 9.17) is 0 Å². The minimum absolute atomic E-state index is 0.0397. The second kappa shape index (κ2) is 7.82. The molecule has 0 spiro atoms. The van der Waals surface area contributed by atoms with Crippen LogP contribution in [0.1, 0.15) is 32.6 Å². The predicted octanol–water partition coefficient (Wildman–Crippen LogP) is 0.649. The fraction of sp³-hybridized carbons (Fsp3) is 0.917. The Hall–Kier alpha value is -0.420. The van der Waals surface area contributed by atoms with E-state index in [0.29, 0.717) is 18.9 Å². The summed E-state index contributed by atoms with van der Waals surface area (Å²) in [5.41, 5.74) is 0. The number of hydrogen-bond donors (Lipinski definition) is 2. The molecule has 17 heavy (non-hydrogen) atoms. The summed E-state index contributed by atoms with van der Waals surface area (Å²) in [6, 6.07) is 0. The molecule has 1 aliphatic rings. The third-order valence-corrected chi connectivity index (χ3v) is 4.69. The maximum atomic E-state index is 11.6. The average Bonchev–Trinajstić information content (AvgIpc) is 2.34. The Labute approximate surface area is 106 Å². The number of carbonyl (C=O) groups is 1. The maximum Gasteiger partial charge on any atom is 0.220 e. The Kier molecular flexibility index (Phi) is 6.73. The van der Waals surface area contributed by atoms with Crippen LogP contribution in [0.4, 0.5) is 0 Å². The highest BCUT2D eigenvalue weighted by atomic mass is 32.2. The molecular weight excluding hydrogens is 236 g/mol. The van der Waals surface area contributed by atoms with Gasteiger partial charge in [-0.3, -0.25) is 9.00 Å². The second-order valence-corrected chi connectivity index (χ2v) is 6.65. The minimum Gasteiger partial charge on any atom is -0.355 e. The van der Waals surface area contributed by atoms with E-state index in [-0.39, 0.29) is 11.2 Å². The minimum atomic E-state index is -0.858. The van der Waals surface area contributed by atoms with Crippen LogP contribution in [0.5, 0.6) is 0 Å². The van der Waals surface area contributed by atoms with Crippen LogP contribution in [0.15, 0.2) is 0 Å². The molecule has 0 aromatic heterocycles. The van der Waals surface area contributed by atoms with Gasteiger partial charge in [0.25, 0.3) is 0 Å². The van der Waals surface area contributed by atoms with Gasteiger partial charge in [-0.2, -0.15) is 0 Å². The molecule has 2 N–H and O–H groups in total. The van der Waals surface area contributed by atoms with E-state index in [1.54, 1.807) is 6.26 Å². The topological polar surface area (TPSA) is 58.2 Å². The smallest absolute Gasteiger partial charge is 0.220 e. The van der Waals surface area contributed by atoms with Crippen molar-refractivity contribution in [3.63, 3.8) is 0 Å². The second-order valence-electron chi connectivity index (χ2n) is 4.85. The third-order valence-electron chi connectivity index (χ3n) is 3.39. The number of hydrogen-bond acceptors (Lipinski definition) is 3. The van der Waals surface area contributed by atoms with Gasteiger partial charge in [0, 0.05) is 35.3 Å². The Bertz CT molecular complexity index is 265. The molecule has 0 aliphatic carbocycles. The molecule has 1 rings (SSSR count).